The zero-order chi connectivity index (χ0) is 27.6. The highest BCUT2D eigenvalue weighted by Gasteiger charge is 2.39. The van der Waals surface area contributed by atoms with Crippen molar-refractivity contribution in [3.8, 4) is 17.5 Å². The Balaban J connectivity index is 1.43. The van der Waals surface area contributed by atoms with Crippen LogP contribution in [0.15, 0.2) is 106 Å². The molecule has 0 aliphatic carbocycles. The topological polar surface area (TPSA) is 118 Å². The van der Waals surface area contributed by atoms with Gasteiger partial charge in [0.15, 0.2) is 12.2 Å². The van der Waals surface area contributed by atoms with E-state index in [2.05, 4.69) is 32.2 Å². The number of fused-ring (bicyclic) bond motifs is 2. The molecule has 4 aromatic rings. The normalized spacial score (nSPS) is 18.0. The van der Waals surface area contributed by atoms with Gasteiger partial charge in [0.1, 0.15) is 5.84 Å². The summed E-state index contributed by atoms with van der Waals surface area (Å²) in [6.07, 6.45) is 8.13. The number of hydrogen-bond acceptors (Lipinski definition) is 7. The molecule has 2 aromatic heterocycles. The zero-order valence-corrected chi connectivity index (χ0v) is 21.6. The highest BCUT2D eigenvalue weighted by atomic mass is 16.2. The van der Waals surface area contributed by atoms with Crippen LogP contribution in [0.3, 0.4) is 0 Å². The Morgan fingerprint density at radius 1 is 1.05 bits per heavy atom. The number of nitrogens with zero attached hydrogens (tertiary/aromatic N) is 5. The van der Waals surface area contributed by atoms with Crippen LogP contribution < -0.4 is 16.6 Å². The molecule has 9 nitrogen and oxygen atoms in total. The maximum absolute atomic E-state index is 14.2. The number of aliphatic imine (C=N–C) groups is 1. The molecule has 6 rings (SSSR count). The van der Waals surface area contributed by atoms with Crippen molar-refractivity contribution in [2.24, 2.45) is 15.8 Å². The Kier molecular flexibility index (Phi) is 6.42. The molecule has 0 fully saturated rings. The molecule has 1 amide bonds. The fourth-order valence-electron chi connectivity index (χ4n) is 4.95. The Hall–Kier alpha value is -5.49. The summed E-state index contributed by atoms with van der Waals surface area (Å²) in [7, 11) is 0. The molecule has 196 valence electrons. The van der Waals surface area contributed by atoms with Crippen molar-refractivity contribution in [2.45, 2.75) is 25.2 Å². The molecule has 0 saturated heterocycles. The largest absolute Gasteiger partial charge is 0.385 e. The van der Waals surface area contributed by atoms with Crippen LogP contribution in [0.5, 0.6) is 0 Å². The molecule has 0 spiro atoms. The highest BCUT2D eigenvalue weighted by Crippen LogP contribution is 2.25. The molecule has 0 bridgehead atoms. The Bertz CT molecular complexity index is 1820. The summed E-state index contributed by atoms with van der Waals surface area (Å²) in [5.74, 6) is 6.12. The average molecular weight is 528 g/mol. The third-order valence-corrected chi connectivity index (χ3v) is 6.83. The van der Waals surface area contributed by atoms with E-state index in [0.29, 0.717) is 22.3 Å². The monoisotopic (exact) mass is 527 g/mol. The van der Waals surface area contributed by atoms with Crippen LogP contribution in [0.1, 0.15) is 29.8 Å². The number of nitrogens with one attached hydrogen (secondary N) is 1. The molecular weight excluding hydrogens is 502 g/mol. The fourth-order valence-corrected chi connectivity index (χ4v) is 4.95. The third-order valence-electron chi connectivity index (χ3n) is 6.83. The van der Waals surface area contributed by atoms with Crippen LogP contribution in [0.2, 0.25) is 0 Å². The number of carbonyl (C=O) groups excluding carboxylic acids is 1. The second-order valence-electron chi connectivity index (χ2n) is 9.43. The van der Waals surface area contributed by atoms with E-state index in [0.717, 1.165) is 10.9 Å². The first-order valence-corrected chi connectivity index (χ1v) is 12.8. The van der Waals surface area contributed by atoms with Crippen LogP contribution in [-0.4, -0.2) is 44.7 Å². The molecule has 40 heavy (non-hydrogen) atoms. The molecule has 2 aliphatic rings. The number of nitrogens with two attached hydrogens (primary N) is 1. The first-order valence-electron chi connectivity index (χ1n) is 12.8. The second kappa shape index (κ2) is 10.3. The van der Waals surface area contributed by atoms with Gasteiger partial charge in [-0.3, -0.25) is 19.1 Å². The van der Waals surface area contributed by atoms with Gasteiger partial charge in [0.05, 0.1) is 11.4 Å². The predicted molar refractivity (Wildman–Crippen MR) is 155 cm³/mol. The van der Waals surface area contributed by atoms with Crippen molar-refractivity contribution in [1.82, 2.24) is 19.9 Å². The van der Waals surface area contributed by atoms with Gasteiger partial charge >= 0.3 is 0 Å². The van der Waals surface area contributed by atoms with Crippen molar-refractivity contribution in [1.29, 1.82) is 0 Å². The lowest BCUT2D eigenvalue weighted by Gasteiger charge is -2.27. The van der Waals surface area contributed by atoms with E-state index in [4.69, 9.17) is 5.73 Å². The van der Waals surface area contributed by atoms with Gasteiger partial charge in [-0.1, -0.05) is 42.2 Å². The van der Waals surface area contributed by atoms with Gasteiger partial charge in [0, 0.05) is 41.1 Å². The summed E-state index contributed by atoms with van der Waals surface area (Å²) in [6, 6.07) is 19.1. The number of hydrogen-bond donors (Lipinski definition) is 2. The summed E-state index contributed by atoms with van der Waals surface area (Å²) in [4.78, 5) is 36.0. The number of carbonyl (C=O) groups is 1. The number of amidine groups is 1. The summed E-state index contributed by atoms with van der Waals surface area (Å²) in [5, 5.41) is 10.1. The maximum atomic E-state index is 14.2. The number of para-hydroxylation sites is 1. The number of rotatable bonds is 4. The molecule has 2 aromatic carbocycles. The predicted octanol–water partition coefficient (Wildman–Crippen LogP) is 2.89. The minimum Gasteiger partial charge on any atom is -0.385 e. The van der Waals surface area contributed by atoms with Gasteiger partial charge in [0.25, 0.3) is 11.5 Å². The van der Waals surface area contributed by atoms with E-state index in [1.807, 2.05) is 79.7 Å². The molecule has 3 N–H and O–H groups in total. The van der Waals surface area contributed by atoms with Crippen LogP contribution >= 0.6 is 0 Å². The van der Waals surface area contributed by atoms with Crippen molar-refractivity contribution >= 4 is 28.7 Å². The Morgan fingerprint density at radius 3 is 2.65 bits per heavy atom. The second-order valence-corrected chi connectivity index (χ2v) is 9.43. The smallest absolute Gasteiger partial charge is 0.264 e. The molecule has 0 saturated carbocycles. The molecule has 0 radical (unpaired) electrons. The van der Waals surface area contributed by atoms with E-state index < -0.39 is 18.2 Å². The van der Waals surface area contributed by atoms with Crippen molar-refractivity contribution in [2.75, 3.05) is 0 Å². The SMILES string of the molecule is CC(NC(=O)C1C(N)=NC2C=CC=NN21)c1cc2cccc(C#Cc3ccncc3)c2c(=O)n1-c1ccccc1. The third kappa shape index (κ3) is 4.52. The molecule has 4 heterocycles. The summed E-state index contributed by atoms with van der Waals surface area (Å²) >= 11 is 0. The van der Waals surface area contributed by atoms with Crippen LogP contribution in [-0.2, 0) is 4.79 Å². The van der Waals surface area contributed by atoms with Gasteiger partial charge in [-0.2, -0.15) is 5.10 Å². The molecule has 2 aliphatic heterocycles. The molecule has 3 atom stereocenters. The Morgan fingerprint density at radius 2 is 1.85 bits per heavy atom. The van der Waals surface area contributed by atoms with Gasteiger partial charge in [-0.05, 0) is 60.9 Å². The average Bonchev–Trinajstić information content (AvgIpc) is 3.32. The number of aromatic nitrogens is 2. The number of allylic oxidation sites excluding steroid dienone is 1. The van der Waals surface area contributed by atoms with E-state index in [1.54, 1.807) is 34.3 Å². The van der Waals surface area contributed by atoms with Crippen LogP contribution in [0.25, 0.3) is 16.5 Å². The van der Waals surface area contributed by atoms with Crippen molar-refractivity contribution < 1.29 is 4.79 Å². The number of benzene rings is 2. The first kappa shape index (κ1) is 24.8. The maximum Gasteiger partial charge on any atom is 0.264 e. The number of hydrazone groups is 1. The van der Waals surface area contributed by atoms with Gasteiger partial charge < -0.3 is 11.1 Å². The molecule has 9 heteroatoms. The van der Waals surface area contributed by atoms with Gasteiger partial charge in [-0.15, -0.1) is 0 Å². The minimum atomic E-state index is -0.846. The number of pyridine rings is 2. The molecule has 3 unspecified atom stereocenters. The van der Waals surface area contributed by atoms with E-state index in [1.165, 1.54) is 0 Å². The number of amides is 1. The highest BCUT2D eigenvalue weighted by molar-refractivity contribution is 6.08. The lowest BCUT2D eigenvalue weighted by molar-refractivity contribution is -0.124. The fraction of sp³-hybridized carbons (Fsp3) is 0.129. The van der Waals surface area contributed by atoms with Gasteiger partial charge in [-0.25, -0.2) is 10.0 Å². The quantitative estimate of drug-likeness (QED) is 0.396. The van der Waals surface area contributed by atoms with Crippen molar-refractivity contribution in [3.63, 3.8) is 0 Å². The van der Waals surface area contributed by atoms with Gasteiger partial charge in [0.2, 0.25) is 0 Å². The van der Waals surface area contributed by atoms with Crippen LogP contribution in [0, 0.1) is 11.8 Å². The van der Waals surface area contributed by atoms with E-state index in [9.17, 15) is 9.59 Å². The van der Waals surface area contributed by atoms with Crippen LogP contribution in [0.4, 0.5) is 0 Å². The first-order chi connectivity index (χ1) is 19.5. The van der Waals surface area contributed by atoms with E-state index in [-0.39, 0.29) is 17.3 Å². The summed E-state index contributed by atoms with van der Waals surface area (Å²) in [6.45, 7) is 1.84. The van der Waals surface area contributed by atoms with E-state index >= 15 is 0 Å². The molecular formula is C31H25N7O2. The summed E-state index contributed by atoms with van der Waals surface area (Å²) < 4.78 is 1.63. The standard InChI is InChI=1S/C31H25N7O2/c1-20(35-30(39)28-29(32)36-26-11-6-16-34-38(26)28)25-19-23-8-5-7-22(13-12-21-14-17-33-18-15-21)27(23)31(40)37(25)24-9-3-2-4-10-24/h2-11,14-20,26,28H,1H3,(H2,32,36)(H,35,39). The lowest BCUT2D eigenvalue weighted by atomic mass is 10.0. The Labute approximate surface area is 230 Å². The minimum absolute atomic E-state index is 0.190. The zero-order valence-electron chi connectivity index (χ0n) is 21.6. The van der Waals surface area contributed by atoms with Crippen molar-refractivity contribution in [3.05, 3.63) is 118 Å². The lowest BCUT2D eigenvalue weighted by Crippen LogP contribution is -2.51. The summed E-state index contributed by atoms with van der Waals surface area (Å²) in [5.41, 5.74) is 8.60.